The fourth-order valence-corrected chi connectivity index (χ4v) is 6.37. The average molecular weight is 384 g/mol. The summed E-state index contributed by atoms with van der Waals surface area (Å²) in [4.78, 5) is 0. The van der Waals surface area contributed by atoms with E-state index in [0.717, 1.165) is 21.7 Å². The summed E-state index contributed by atoms with van der Waals surface area (Å²) in [6, 6.07) is 35.3. The van der Waals surface area contributed by atoms with Gasteiger partial charge in [0.05, 0.1) is 12.4 Å². The van der Waals surface area contributed by atoms with Crippen molar-refractivity contribution in [3.05, 3.63) is 109 Å². The van der Waals surface area contributed by atoms with Crippen LogP contribution in [0, 0.1) is 0 Å². The summed E-state index contributed by atoms with van der Waals surface area (Å²) in [7, 11) is -1.46. The van der Waals surface area contributed by atoms with Crippen molar-refractivity contribution >= 4 is 23.1 Å². The van der Waals surface area contributed by atoms with E-state index in [-0.39, 0.29) is 0 Å². The van der Waals surface area contributed by atoms with E-state index in [9.17, 15) is 4.57 Å². The van der Waals surface area contributed by atoms with Crippen LogP contribution in [0.4, 0.5) is 0 Å². The van der Waals surface area contributed by atoms with Gasteiger partial charge in [-0.25, -0.2) is 0 Å². The Bertz CT molecular complexity index is 1060. The first kappa shape index (κ1) is 18.3. The van der Waals surface area contributed by atoms with Crippen LogP contribution < -0.4 is 20.7 Å². The maximum atomic E-state index is 14.7. The van der Waals surface area contributed by atoms with Gasteiger partial charge in [0.25, 0.3) is 0 Å². The molecule has 4 rings (SSSR count). The van der Waals surface area contributed by atoms with Gasteiger partial charge in [0, 0.05) is 16.2 Å². The van der Waals surface area contributed by atoms with E-state index < -0.39 is 7.14 Å². The molecule has 0 atom stereocenters. The highest BCUT2D eigenvalue weighted by molar-refractivity contribution is 7.85. The van der Waals surface area contributed by atoms with E-state index in [2.05, 4.69) is 0 Å². The van der Waals surface area contributed by atoms with E-state index in [1.54, 1.807) is 7.11 Å². The van der Waals surface area contributed by atoms with Crippen molar-refractivity contribution in [3.8, 4) is 16.9 Å². The Morgan fingerprint density at radius 2 is 1.11 bits per heavy atom. The average Bonchev–Trinajstić information content (AvgIpc) is 2.79. The van der Waals surface area contributed by atoms with Gasteiger partial charge >= 0.3 is 0 Å². The van der Waals surface area contributed by atoms with Crippen LogP contribution in [0.25, 0.3) is 11.1 Å². The molecular weight excluding hydrogens is 363 g/mol. The number of ether oxygens (including phenoxy) is 1. The van der Waals surface area contributed by atoms with Crippen LogP contribution in [0.5, 0.6) is 5.75 Å². The number of methoxy groups -OCH3 is 1. The Labute approximate surface area is 165 Å². The summed E-state index contributed by atoms with van der Waals surface area (Å²) in [5, 5.41) is 2.31. The normalized spacial score (nSPS) is 11.2. The largest absolute Gasteiger partial charge is 0.495 e. The lowest BCUT2D eigenvalue weighted by molar-refractivity contribution is 0.419. The van der Waals surface area contributed by atoms with Gasteiger partial charge < -0.3 is 9.30 Å². The number of benzene rings is 4. The van der Waals surface area contributed by atoms with E-state index in [0.29, 0.717) is 11.1 Å². The minimum absolute atomic E-state index is 0.657. The Morgan fingerprint density at radius 1 is 0.607 bits per heavy atom. The molecule has 2 nitrogen and oxygen atoms in total. The second-order valence-corrected chi connectivity index (χ2v) is 9.24. The van der Waals surface area contributed by atoms with Crippen molar-refractivity contribution in [2.75, 3.05) is 7.11 Å². The van der Waals surface area contributed by atoms with Gasteiger partial charge in [-0.1, -0.05) is 103 Å². The summed E-state index contributed by atoms with van der Waals surface area (Å²) >= 11 is 0. The van der Waals surface area contributed by atoms with Gasteiger partial charge in [0.2, 0.25) is 0 Å². The lowest BCUT2D eigenvalue weighted by atomic mass is 10.0. The van der Waals surface area contributed by atoms with Gasteiger partial charge in [-0.2, -0.15) is 0 Å². The summed E-state index contributed by atoms with van der Waals surface area (Å²) < 4.78 is 20.5. The molecule has 0 unspecified atom stereocenters. The van der Waals surface area contributed by atoms with E-state index in [1.807, 2.05) is 109 Å². The van der Waals surface area contributed by atoms with Crippen LogP contribution in [-0.2, 0) is 4.57 Å². The third-order valence-corrected chi connectivity index (χ3v) is 7.94. The van der Waals surface area contributed by atoms with Gasteiger partial charge in [0.15, 0.2) is 7.14 Å². The predicted octanol–water partition coefficient (Wildman–Crippen LogP) is 5.00. The van der Waals surface area contributed by atoms with Crippen molar-refractivity contribution in [2.24, 2.45) is 0 Å². The second-order valence-electron chi connectivity index (χ2n) is 6.50. The third-order valence-electron chi connectivity index (χ3n) is 4.86. The molecule has 0 saturated heterocycles. The van der Waals surface area contributed by atoms with Crippen molar-refractivity contribution in [3.63, 3.8) is 0 Å². The fourth-order valence-electron chi connectivity index (χ4n) is 3.54. The highest BCUT2D eigenvalue weighted by Gasteiger charge is 2.33. The van der Waals surface area contributed by atoms with Crippen LogP contribution in [0.15, 0.2) is 109 Å². The molecule has 0 aliphatic carbocycles. The third kappa shape index (κ3) is 3.17. The number of rotatable bonds is 5. The van der Waals surface area contributed by atoms with E-state index >= 15 is 0 Å². The summed E-state index contributed by atoms with van der Waals surface area (Å²) in [5.74, 6) is 0.657. The van der Waals surface area contributed by atoms with Gasteiger partial charge in [-0.15, -0.1) is 0 Å². The zero-order valence-electron chi connectivity index (χ0n) is 15.7. The van der Waals surface area contributed by atoms with Crippen LogP contribution in [0.1, 0.15) is 0 Å². The first-order valence-electron chi connectivity index (χ1n) is 9.19. The van der Waals surface area contributed by atoms with Crippen LogP contribution in [0.3, 0.4) is 0 Å². The molecule has 0 aromatic heterocycles. The summed E-state index contributed by atoms with van der Waals surface area (Å²) in [5.41, 5.74) is 1.97. The quantitative estimate of drug-likeness (QED) is 0.453. The van der Waals surface area contributed by atoms with Crippen molar-refractivity contribution in [1.29, 1.82) is 0 Å². The Hall–Kier alpha value is -3.09. The van der Waals surface area contributed by atoms with Crippen molar-refractivity contribution in [1.82, 2.24) is 0 Å². The highest BCUT2D eigenvalue weighted by Crippen LogP contribution is 2.47. The maximum absolute atomic E-state index is 14.7. The highest BCUT2D eigenvalue weighted by atomic mass is 31.2. The molecule has 138 valence electrons. The van der Waals surface area contributed by atoms with Crippen LogP contribution in [-0.4, -0.2) is 7.11 Å². The second kappa shape index (κ2) is 7.88. The molecule has 4 aromatic rings. The van der Waals surface area contributed by atoms with Crippen LogP contribution >= 0.6 is 7.14 Å². The molecule has 0 aliphatic rings. The number of para-hydroxylation sites is 1. The monoisotopic (exact) mass is 384 g/mol. The summed E-state index contributed by atoms with van der Waals surface area (Å²) in [6.45, 7) is 0. The Morgan fingerprint density at radius 3 is 1.61 bits per heavy atom. The molecule has 0 amide bonds. The SMILES string of the molecule is COc1c(-c2ccccc2)cccc1P(=O)(c1ccccc1)c1ccccc1. The topological polar surface area (TPSA) is 26.3 Å². The molecule has 4 aromatic carbocycles. The van der Waals surface area contributed by atoms with Gasteiger partial charge in [-0.05, 0) is 11.6 Å². The lowest BCUT2D eigenvalue weighted by Crippen LogP contribution is -2.26. The molecule has 28 heavy (non-hydrogen) atoms. The van der Waals surface area contributed by atoms with Crippen molar-refractivity contribution < 1.29 is 9.30 Å². The van der Waals surface area contributed by atoms with E-state index in [1.165, 1.54) is 0 Å². The Kier molecular flexibility index (Phi) is 5.14. The molecule has 0 N–H and O–H groups in total. The zero-order chi connectivity index (χ0) is 19.4. The number of hydrogen-bond acceptors (Lipinski definition) is 2. The molecule has 0 aliphatic heterocycles. The standard InChI is InChI=1S/C25H21O2P/c1-27-25-23(20-12-5-2-6-13-20)18-11-19-24(25)28(26,21-14-7-3-8-15-21)22-16-9-4-10-17-22/h2-19H,1H3. The van der Waals surface area contributed by atoms with Gasteiger partial charge in [0.1, 0.15) is 5.75 Å². The molecule has 0 radical (unpaired) electrons. The smallest absolute Gasteiger partial charge is 0.174 e. The minimum atomic E-state index is -3.10. The maximum Gasteiger partial charge on any atom is 0.174 e. The molecule has 0 saturated carbocycles. The molecule has 3 heteroatoms. The van der Waals surface area contributed by atoms with Gasteiger partial charge in [-0.3, -0.25) is 0 Å². The zero-order valence-corrected chi connectivity index (χ0v) is 16.6. The van der Waals surface area contributed by atoms with Crippen molar-refractivity contribution in [2.45, 2.75) is 0 Å². The van der Waals surface area contributed by atoms with Crippen LogP contribution in [0.2, 0.25) is 0 Å². The molecule has 0 bridgehead atoms. The van der Waals surface area contributed by atoms with E-state index in [4.69, 9.17) is 4.74 Å². The predicted molar refractivity (Wildman–Crippen MR) is 118 cm³/mol. The lowest BCUT2D eigenvalue weighted by Gasteiger charge is -2.23. The first-order chi connectivity index (χ1) is 13.7. The Balaban J connectivity index is 2.03. The number of hydrogen-bond donors (Lipinski definition) is 0. The molecule has 0 fully saturated rings. The summed E-state index contributed by atoms with van der Waals surface area (Å²) in [6.07, 6.45) is 0. The molecular formula is C25H21O2P. The minimum Gasteiger partial charge on any atom is -0.495 e. The fraction of sp³-hybridized carbons (Fsp3) is 0.0400. The molecule has 0 spiro atoms. The molecule has 0 heterocycles. The first-order valence-corrected chi connectivity index (χ1v) is 10.9.